The lowest BCUT2D eigenvalue weighted by Crippen LogP contribution is -2.44. The molecular formula is C18H21NO8S. The van der Waals surface area contributed by atoms with Gasteiger partial charge < -0.3 is 19.6 Å². The van der Waals surface area contributed by atoms with Gasteiger partial charge in [0.05, 0.1) is 5.75 Å². The number of sulfone groups is 1. The molecule has 9 nitrogen and oxygen atoms in total. The standard InChI is InChI=1S/C18H21NO8S/c1-3-28(24,25)7-6-14(18(22)23)19-16(20)10-26-12-4-5-13-11(2)8-17(21)27-15(13)9-12/h4-5,8-9,14H,3,6-7,10H2,1-2H3,(H,19,20)(H,22,23). The van der Waals surface area contributed by atoms with Crippen molar-refractivity contribution in [1.82, 2.24) is 5.32 Å². The maximum Gasteiger partial charge on any atom is 0.336 e. The number of carbonyl (C=O) groups is 2. The van der Waals surface area contributed by atoms with Gasteiger partial charge >= 0.3 is 11.6 Å². The van der Waals surface area contributed by atoms with Crippen LogP contribution in [0.15, 0.2) is 33.5 Å². The molecule has 0 radical (unpaired) electrons. The van der Waals surface area contributed by atoms with Crippen molar-refractivity contribution in [3.05, 3.63) is 40.2 Å². The van der Waals surface area contributed by atoms with E-state index < -0.39 is 40.0 Å². The van der Waals surface area contributed by atoms with Crippen LogP contribution in [0.5, 0.6) is 5.75 Å². The number of carboxylic acids is 1. The van der Waals surface area contributed by atoms with Crippen LogP contribution in [0.1, 0.15) is 18.9 Å². The predicted molar refractivity (Wildman–Crippen MR) is 101 cm³/mol. The second-order valence-corrected chi connectivity index (χ2v) is 8.65. The van der Waals surface area contributed by atoms with E-state index in [1.165, 1.54) is 19.1 Å². The summed E-state index contributed by atoms with van der Waals surface area (Å²) in [4.78, 5) is 34.7. The largest absolute Gasteiger partial charge is 0.484 e. The maximum absolute atomic E-state index is 12.0. The molecule has 10 heteroatoms. The zero-order chi connectivity index (χ0) is 20.9. The van der Waals surface area contributed by atoms with E-state index in [1.807, 2.05) is 0 Å². The summed E-state index contributed by atoms with van der Waals surface area (Å²) in [5.41, 5.74) is 0.532. The summed E-state index contributed by atoms with van der Waals surface area (Å²) in [6, 6.07) is 4.75. The molecule has 0 fully saturated rings. The van der Waals surface area contributed by atoms with Crippen LogP contribution >= 0.6 is 0 Å². The van der Waals surface area contributed by atoms with Gasteiger partial charge in [0.25, 0.3) is 5.91 Å². The van der Waals surface area contributed by atoms with Crippen LogP contribution in [0.2, 0.25) is 0 Å². The third-order valence-electron chi connectivity index (χ3n) is 4.08. The van der Waals surface area contributed by atoms with Crippen molar-refractivity contribution >= 4 is 32.7 Å². The minimum Gasteiger partial charge on any atom is -0.484 e. The number of aliphatic carboxylic acids is 1. The lowest BCUT2D eigenvalue weighted by atomic mass is 10.1. The van der Waals surface area contributed by atoms with Gasteiger partial charge in [-0.05, 0) is 31.0 Å². The van der Waals surface area contributed by atoms with Gasteiger partial charge in [0.2, 0.25) is 0 Å². The Bertz CT molecular complexity index is 1040. The smallest absolute Gasteiger partial charge is 0.336 e. The van der Waals surface area contributed by atoms with E-state index in [0.29, 0.717) is 5.58 Å². The molecule has 0 spiro atoms. The Labute approximate surface area is 161 Å². The van der Waals surface area contributed by atoms with Gasteiger partial charge in [0.1, 0.15) is 27.2 Å². The highest BCUT2D eigenvalue weighted by Gasteiger charge is 2.22. The lowest BCUT2D eigenvalue weighted by Gasteiger charge is -2.15. The first-order valence-corrected chi connectivity index (χ1v) is 10.3. The highest BCUT2D eigenvalue weighted by Crippen LogP contribution is 2.22. The minimum atomic E-state index is -3.35. The van der Waals surface area contributed by atoms with Gasteiger partial charge in [0, 0.05) is 23.3 Å². The molecule has 28 heavy (non-hydrogen) atoms. The first-order valence-electron chi connectivity index (χ1n) is 8.51. The van der Waals surface area contributed by atoms with Crippen molar-refractivity contribution in [2.75, 3.05) is 18.1 Å². The van der Waals surface area contributed by atoms with Gasteiger partial charge in [-0.15, -0.1) is 0 Å². The average Bonchev–Trinajstić information content (AvgIpc) is 2.62. The highest BCUT2D eigenvalue weighted by atomic mass is 32.2. The second-order valence-electron chi connectivity index (χ2n) is 6.18. The van der Waals surface area contributed by atoms with Gasteiger partial charge in [0.15, 0.2) is 6.61 Å². The van der Waals surface area contributed by atoms with Crippen molar-refractivity contribution in [2.24, 2.45) is 0 Å². The molecule has 0 bridgehead atoms. The molecule has 0 aliphatic heterocycles. The van der Waals surface area contributed by atoms with Crippen LogP contribution in [-0.2, 0) is 19.4 Å². The van der Waals surface area contributed by atoms with E-state index in [2.05, 4.69) is 5.32 Å². The SMILES string of the molecule is CCS(=O)(=O)CCC(NC(=O)COc1ccc2c(C)cc(=O)oc2c1)C(=O)O. The fourth-order valence-electron chi connectivity index (χ4n) is 2.48. The van der Waals surface area contributed by atoms with Crippen LogP contribution in [0.25, 0.3) is 11.0 Å². The van der Waals surface area contributed by atoms with E-state index in [9.17, 15) is 22.8 Å². The molecule has 152 valence electrons. The molecule has 2 aromatic rings. The molecule has 0 saturated carbocycles. The first-order chi connectivity index (χ1) is 13.1. The Morgan fingerprint density at radius 1 is 1.29 bits per heavy atom. The average molecular weight is 411 g/mol. The molecule has 2 N–H and O–H groups in total. The van der Waals surface area contributed by atoms with Crippen LogP contribution < -0.4 is 15.7 Å². The van der Waals surface area contributed by atoms with Crippen LogP contribution in [0, 0.1) is 6.92 Å². The number of benzene rings is 1. The maximum atomic E-state index is 12.0. The Balaban J connectivity index is 1.99. The molecule has 1 aromatic heterocycles. The number of carboxylic acid groups (broad SMARTS) is 1. The molecule has 1 atom stereocenters. The zero-order valence-electron chi connectivity index (χ0n) is 15.4. The number of ether oxygens (including phenoxy) is 1. The summed E-state index contributed by atoms with van der Waals surface area (Å²) in [6.45, 7) is 2.74. The summed E-state index contributed by atoms with van der Waals surface area (Å²) in [5.74, 6) is -2.23. The van der Waals surface area contributed by atoms with Gasteiger partial charge in [-0.25, -0.2) is 18.0 Å². The van der Waals surface area contributed by atoms with E-state index in [0.717, 1.165) is 10.9 Å². The van der Waals surface area contributed by atoms with E-state index >= 15 is 0 Å². The Morgan fingerprint density at radius 2 is 2.00 bits per heavy atom. The molecule has 1 aromatic carbocycles. The van der Waals surface area contributed by atoms with Crippen molar-refractivity contribution in [3.63, 3.8) is 0 Å². The van der Waals surface area contributed by atoms with Gasteiger partial charge in [-0.1, -0.05) is 6.92 Å². The molecule has 1 unspecified atom stereocenters. The second kappa shape index (κ2) is 8.87. The number of fused-ring (bicyclic) bond motifs is 1. The van der Waals surface area contributed by atoms with Crippen molar-refractivity contribution in [2.45, 2.75) is 26.3 Å². The quantitative estimate of drug-likeness (QED) is 0.580. The fourth-order valence-corrected chi connectivity index (χ4v) is 3.36. The summed E-state index contributed by atoms with van der Waals surface area (Å²) < 4.78 is 33.4. The number of rotatable bonds is 9. The van der Waals surface area contributed by atoms with Crippen molar-refractivity contribution in [1.29, 1.82) is 0 Å². The number of hydrogen-bond donors (Lipinski definition) is 2. The Kier molecular flexibility index (Phi) is 6.79. The molecule has 0 aliphatic rings. The summed E-state index contributed by atoms with van der Waals surface area (Å²) in [7, 11) is -3.35. The van der Waals surface area contributed by atoms with Gasteiger partial charge in [-0.3, -0.25) is 4.79 Å². The molecule has 0 aliphatic carbocycles. The third-order valence-corrected chi connectivity index (χ3v) is 5.82. The number of carbonyl (C=O) groups excluding carboxylic acids is 1. The molecule has 1 heterocycles. The van der Waals surface area contributed by atoms with E-state index in [4.69, 9.17) is 14.3 Å². The summed E-state index contributed by atoms with van der Waals surface area (Å²) in [5, 5.41) is 12.1. The van der Waals surface area contributed by atoms with E-state index in [-0.39, 0.29) is 23.7 Å². The molecule has 1 amide bonds. The van der Waals surface area contributed by atoms with Crippen LogP contribution in [0.4, 0.5) is 0 Å². The fraction of sp³-hybridized carbons (Fsp3) is 0.389. The zero-order valence-corrected chi connectivity index (χ0v) is 16.2. The number of hydrogen-bond acceptors (Lipinski definition) is 7. The molecule has 0 saturated heterocycles. The lowest BCUT2D eigenvalue weighted by molar-refractivity contribution is -0.142. The number of amides is 1. The normalized spacial score (nSPS) is 12.5. The topological polar surface area (TPSA) is 140 Å². The third kappa shape index (κ3) is 5.81. The summed E-state index contributed by atoms with van der Waals surface area (Å²) in [6.07, 6.45) is -0.238. The van der Waals surface area contributed by atoms with Crippen LogP contribution in [0.3, 0.4) is 0 Å². The molecular weight excluding hydrogens is 390 g/mol. The number of aryl methyl sites for hydroxylation is 1. The highest BCUT2D eigenvalue weighted by molar-refractivity contribution is 7.91. The van der Waals surface area contributed by atoms with Crippen LogP contribution in [-0.4, -0.2) is 49.6 Å². The molecule has 2 rings (SSSR count). The Morgan fingerprint density at radius 3 is 2.64 bits per heavy atom. The minimum absolute atomic E-state index is 0.103. The van der Waals surface area contributed by atoms with E-state index in [1.54, 1.807) is 19.1 Å². The monoisotopic (exact) mass is 411 g/mol. The Hall–Kier alpha value is -2.88. The van der Waals surface area contributed by atoms with Gasteiger partial charge in [-0.2, -0.15) is 0 Å². The van der Waals surface area contributed by atoms with Crippen molar-refractivity contribution in [3.8, 4) is 5.75 Å². The first kappa shape index (κ1) is 21.4. The summed E-state index contributed by atoms with van der Waals surface area (Å²) >= 11 is 0. The van der Waals surface area contributed by atoms with Crippen molar-refractivity contribution < 1.29 is 32.3 Å². The predicted octanol–water partition coefficient (Wildman–Crippen LogP) is 0.874. The number of nitrogens with one attached hydrogen (secondary N) is 1.